The number of thiocarbonyl (C=S) groups is 1. The molecule has 0 bridgehead atoms. The zero-order valence-corrected chi connectivity index (χ0v) is 12.9. The quantitative estimate of drug-likeness (QED) is 0.608. The zero-order valence-electron chi connectivity index (χ0n) is 11.3. The number of nitrogens with two attached hydrogens (primary N) is 1. The fourth-order valence-corrected chi connectivity index (χ4v) is 2.98. The molecule has 0 saturated heterocycles. The van der Waals surface area contributed by atoms with Gasteiger partial charge in [0.1, 0.15) is 4.99 Å². The van der Waals surface area contributed by atoms with Crippen molar-refractivity contribution in [2.24, 2.45) is 5.73 Å². The Kier molecular flexibility index (Phi) is 6.13. The summed E-state index contributed by atoms with van der Waals surface area (Å²) in [6, 6.07) is 4.59. The molecule has 1 unspecified atom stereocenters. The molecule has 0 spiro atoms. The van der Waals surface area contributed by atoms with Crippen LogP contribution >= 0.6 is 24.0 Å². The standard InChI is InChI=1S/C13H17F3N2S2/c1-3-20-10-6-4-5-9(11(10)12(17)19)18-8(2)7-13(14,15)16/h4-6,8,18H,3,7H2,1-2H3,(H2,17,19). The van der Waals surface area contributed by atoms with Gasteiger partial charge in [-0.05, 0) is 24.8 Å². The van der Waals surface area contributed by atoms with Gasteiger partial charge in [-0.2, -0.15) is 13.2 Å². The molecule has 0 fully saturated rings. The van der Waals surface area contributed by atoms with Crippen LogP contribution in [-0.2, 0) is 0 Å². The van der Waals surface area contributed by atoms with Gasteiger partial charge in [-0.3, -0.25) is 0 Å². The van der Waals surface area contributed by atoms with Crippen molar-refractivity contribution in [3.8, 4) is 0 Å². The number of hydrogen-bond donors (Lipinski definition) is 2. The molecular weight excluding hydrogens is 305 g/mol. The highest BCUT2D eigenvalue weighted by Crippen LogP contribution is 2.30. The lowest BCUT2D eigenvalue weighted by Gasteiger charge is -2.20. The molecule has 0 amide bonds. The first kappa shape index (κ1) is 17.1. The van der Waals surface area contributed by atoms with E-state index >= 15 is 0 Å². The largest absolute Gasteiger partial charge is 0.391 e. The summed E-state index contributed by atoms with van der Waals surface area (Å²) in [5.41, 5.74) is 6.87. The Bertz CT molecular complexity index is 475. The van der Waals surface area contributed by atoms with E-state index in [1.807, 2.05) is 13.0 Å². The summed E-state index contributed by atoms with van der Waals surface area (Å²) in [5.74, 6) is 0.831. The molecule has 0 aliphatic heterocycles. The van der Waals surface area contributed by atoms with E-state index in [0.717, 1.165) is 10.6 Å². The summed E-state index contributed by atoms with van der Waals surface area (Å²) in [5, 5.41) is 2.85. The fourth-order valence-electron chi connectivity index (χ4n) is 1.85. The summed E-state index contributed by atoms with van der Waals surface area (Å²) in [7, 11) is 0. The van der Waals surface area contributed by atoms with Gasteiger partial charge in [0.2, 0.25) is 0 Å². The predicted molar refractivity (Wildman–Crippen MR) is 82.5 cm³/mol. The first-order chi connectivity index (χ1) is 9.24. The lowest BCUT2D eigenvalue weighted by atomic mass is 10.1. The molecular formula is C13H17F3N2S2. The van der Waals surface area contributed by atoms with Gasteiger partial charge >= 0.3 is 6.18 Å². The molecule has 2 nitrogen and oxygen atoms in total. The maximum atomic E-state index is 12.4. The number of alkyl halides is 3. The molecule has 0 aliphatic carbocycles. The van der Waals surface area contributed by atoms with E-state index in [1.54, 1.807) is 23.9 Å². The van der Waals surface area contributed by atoms with Crippen LogP contribution < -0.4 is 11.1 Å². The fraction of sp³-hybridized carbons (Fsp3) is 0.462. The van der Waals surface area contributed by atoms with Crippen LogP contribution in [0.15, 0.2) is 23.1 Å². The van der Waals surface area contributed by atoms with Crippen molar-refractivity contribution in [2.45, 2.75) is 37.4 Å². The SMILES string of the molecule is CCSc1cccc(NC(C)CC(F)(F)F)c1C(N)=S. The number of rotatable bonds is 6. The van der Waals surface area contributed by atoms with Crippen LogP contribution in [0.25, 0.3) is 0 Å². The van der Waals surface area contributed by atoms with E-state index in [4.69, 9.17) is 18.0 Å². The van der Waals surface area contributed by atoms with Crippen LogP contribution in [-0.4, -0.2) is 23.0 Å². The number of benzene rings is 1. The third-order valence-corrected chi connectivity index (χ3v) is 3.66. The molecule has 0 aromatic heterocycles. The van der Waals surface area contributed by atoms with Crippen molar-refractivity contribution >= 4 is 34.7 Å². The predicted octanol–water partition coefficient (Wildman–Crippen LogP) is 4.19. The maximum absolute atomic E-state index is 12.4. The molecule has 3 N–H and O–H groups in total. The maximum Gasteiger partial charge on any atom is 0.391 e. The van der Waals surface area contributed by atoms with E-state index in [1.165, 1.54) is 6.92 Å². The van der Waals surface area contributed by atoms with Gasteiger partial charge in [0.05, 0.1) is 6.42 Å². The highest BCUT2D eigenvalue weighted by molar-refractivity contribution is 7.99. The summed E-state index contributed by atoms with van der Waals surface area (Å²) >= 11 is 6.57. The van der Waals surface area contributed by atoms with Crippen molar-refractivity contribution in [3.63, 3.8) is 0 Å². The van der Waals surface area contributed by atoms with Crippen molar-refractivity contribution in [1.29, 1.82) is 0 Å². The van der Waals surface area contributed by atoms with Crippen molar-refractivity contribution in [1.82, 2.24) is 0 Å². The van der Waals surface area contributed by atoms with Gasteiger partial charge in [-0.1, -0.05) is 25.2 Å². The number of halogens is 3. The second kappa shape index (κ2) is 7.17. The van der Waals surface area contributed by atoms with Gasteiger partial charge in [0.25, 0.3) is 0 Å². The van der Waals surface area contributed by atoms with E-state index in [0.29, 0.717) is 11.3 Å². The highest BCUT2D eigenvalue weighted by Gasteiger charge is 2.30. The molecule has 112 valence electrons. The second-order valence-electron chi connectivity index (χ2n) is 4.34. The molecule has 1 aromatic rings. The van der Waals surface area contributed by atoms with E-state index < -0.39 is 18.6 Å². The van der Waals surface area contributed by atoms with Crippen LogP contribution in [0, 0.1) is 0 Å². The summed E-state index contributed by atoms with van der Waals surface area (Å²) in [6.45, 7) is 3.47. The van der Waals surface area contributed by atoms with E-state index in [-0.39, 0.29) is 4.99 Å². The summed E-state index contributed by atoms with van der Waals surface area (Å²) < 4.78 is 37.1. The molecule has 7 heteroatoms. The minimum Gasteiger partial charge on any atom is -0.389 e. The average molecular weight is 322 g/mol. The van der Waals surface area contributed by atoms with Crippen LogP contribution in [0.4, 0.5) is 18.9 Å². The topological polar surface area (TPSA) is 38.0 Å². The van der Waals surface area contributed by atoms with Crippen molar-refractivity contribution < 1.29 is 13.2 Å². The van der Waals surface area contributed by atoms with Gasteiger partial charge in [0.15, 0.2) is 0 Å². The molecule has 1 rings (SSSR count). The molecule has 20 heavy (non-hydrogen) atoms. The Labute approximate surface area is 126 Å². The lowest BCUT2D eigenvalue weighted by Crippen LogP contribution is -2.25. The number of thioether (sulfide) groups is 1. The minimum absolute atomic E-state index is 0.184. The smallest absolute Gasteiger partial charge is 0.389 e. The Balaban J connectivity index is 3.00. The van der Waals surface area contributed by atoms with Gasteiger partial charge in [-0.15, -0.1) is 11.8 Å². The first-order valence-electron chi connectivity index (χ1n) is 6.13. The molecule has 0 radical (unpaired) electrons. The van der Waals surface area contributed by atoms with Crippen LogP contribution in [0.1, 0.15) is 25.8 Å². The number of anilines is 1. The molecule has 0 aliphatic rings. The Morgan fingerprint density at radius 2 is 2.10 bits per heavy atom. The van der Waals surface area contributed by atoms with Gasteiger partial charge in [-0.25, -0.2) is 0 Å². The zero-order chi connectivity index (χ0) is 15.3. The Morgan fingerprint density at radius 3 is 2.60 bits per heavy atom. The number of nitrogens with one attached hydrogen (secondary N) is 1. The summed E-state index contributed by atoms with van der Waals surface area (Å²) in [4.78, 5) is 1.06. The van der Waals surface area contributed by atoms with E-state index in [9.17, 15) is 13.2 Å². The Hall–Kier alpha value is -0.950. The average Bonchev–Trinajstić information content (AvgIpc) is 2.26. The molecule has 1 atom stereocenters. The van der Waals surface area contributed by atoms with Crippen LogP contribution in [0.2, 0.25) is 0 Å². The molecule has 1 aromatic carbocycles. The second-order valence-corrected chi connectivity index (χ2v) is 6.09. The van der Waals surface area contributed by atoms with Crippen LogP contribution in [0.3, 0.4) is 0 Å². The number of hydrogen-bond acceptors (Lipinski definition) is 3. The third-order valence-electron chi connectivity index (χ3n) is 2.51. The van der Waals surface area contributed by atoms with Gasteiger partial charge in [0, 0.05) is 22.2 Å². The van der Waals surface area contributed by atoms with Crippen molar-refractivity contribution in [3.05, 3.63) is 23.8 Å². The molecule has 0 heterocycles. The van der Waals surface area contributed by atoms with Crippen LogP contribution in [0.5, 0.6) is 0 Å². The first-order valence-corrected chi connectivity index (χ1v) is 7.53. The van der Waals surface area contributed by atoms with Gasteiger partial charge < -0.3 is 11.1 Å². The summed E-state index contributed by atoms with van der Waals surface area (Å²) in [6.07, 6.45) is -5.11. The molecule has 0 saturated carbocycles. The lowest BCUT2D eigenvalue weighted by molar-refractivity contribution is -0.136. The Morgan fingerprint density at radius 1 is 1.45 bits per heavy atom. The monoisotopic (exact) mass is 322 g/mol. The normalized spacial score (nSPS) is 13.1. The van der Waals surface area contributed by atoms with Crippen molar-refractivity contribution in [2.75, 3.05) is 11.1 Å². The third kappa shape index (κ3) is 5.20. The highest BCUT2D eigenvalue weighted by atomic mass is 32.2. The minimum atomic E-state index is -4.20. The van der Waals surface area contributed by atoms with E-state index in [2.05, 4.69) is 5.32 Å².